The maximum Gasteiger partial charge on any atom is 0.174 e. The molecule has 0 N–H and O–H groups in total. The quantitative estimate of drug-likeness (QED) is 0.619. The minimum atomic E-state index is -0.0361. The van der Waals surface area contributed by atoms with Crippen LogP contribution in [0.15, 0.2) is 23.2 Å². The number of hydrogen-bond acceptors (Lipinski definition) is 6. The highest BCUT2D eigenvalue weighted by atomic mass is 32.1. The molecule has 0 saturated heterocycles. The van der Waals surface area contributed by atoms with Crippen molar-refractivity contribution in [3.63, 3.8) is 0 Å². The largest absolute Gasteiger partial charge is 0.493 e. The minimum absolute atomic E-state index is 0.0361. The van der Waals surface area contributed by atoms with E-state index < -0.39 is 0 Å². The van der Waals surface area contributed by atoms with E-state index in [0.717, 1.165) is 35.4 Å². The van der Waals surface area contributed by atoms with Crippen LogP contribution in [0, 0.1) is 34.0 Å². The van der Waals surface area contributed by atoms with E-state index in [1.165, 1.54) is 10.4 Å². The number of ether oxygens (including phenoxy) is 2. The molecule has 1 aromatic carbocycles. The Balaban J connectivity index is 1.86. The molecular weight excluding hydrogens is 382 g/mol. The van der Waals surface area contributed by atoms with Crippen LogP contribution in [0.25, 0.3) is 0 Å². The van der Waals surface area contributed by atoms with Crippen LogP contribution in [-0.2, 0) is 12.8 Å². The summed E-state index contributed by atoms with van der Waals surface area (Å²) in [5.74, 6) is 1.69. The smallest absolute Gasteiger partial charge is 0.174 e. The molecule has 2 aromatic rings. The summed E-state index contributed by atoms with van der Waals surface area (Å²) in [6, 6.07) is 9.74. The average Bonchev–Trinajstić information content (AvgIpc) is 3.06. The minimum Gasteiger partial charge on any atom is -0.493 e. The van der Waals surface area contributed by atoms with Gasteiger partial charge in [0.1, 0.15) is 17.1 Å². The molecule has 5 nitrogen and oxygen atoms in total. The van der Waals surface area contributed by atoms with Gasteiger partial charge in [0.25, 0.3) is 0 Å². The normalized spacial score (nSPS) is 16.1. The molecule has 29 heavy (non-hydrogen) atoms. The van der Waals surface area contributed by atoms with Gasteiger partial charge in [0.2, 0.25) is 0 Å². The van der Waals surface area contributed by atoms with E-state index in [1.54, 1.807) is 30.7 Å². The van der Waals surface area contributed by atoms with Crippen LogP contribution in [0.3, 0.4) is 0 Å². The number of thiophene rings is 1. The van der Waals surface area contributed by atoms with Gasteiger partial charge in [-0.3, -0.25) is 0 Å². The fraction of sp³-hybridized carbons (Fsp3) is 0.435. The van der Waals surface area contributed by atoms with Crippen LogP contribution < -0.4 is 9.47 Å². The Hall–Kier alpha value is -2.83. The molecule has 3 rings (SSSR count). The van der Waals surface area contributed by atoms with E-state index in [1.807, 2.05) is 18.2 Å². The number of methoxy groups -OCH3 is 1. The second kappa shape index (κ2) is 8.68. The molecule has 0 fully saturated rings. The molecule has 150 valence electrons. The second-order valence-corrected chi connectivity index (χ2v) is 9.30. The summed E-state index contributed by atoms with van der Waals surface area (Å²) in [5, 5.41) is 19.2. The van der Waals surface area contributed by atoms with Crippen LogP contribution in [0.5, 0.6) is 11.5 Å². The average molecular weight is 408 g/mol. The van der Waals surface area contributed by atoms with Crippen LogP contribution in [0.1, 0.15) is 48.8 Å². The summed E-state index contributed by atoms with van der Waals surface area (Å²) in [6.45, 7) is 6.83. The van der Waals surface area contributed by atoms with Crippen LogP contribution in [0.4, 0.5) is 5.00 Å². The first kappa shape index (κ1) is 20.9. The molecule has 1 atom stereocenters. The Labute approximate surface area is 176 Å². The molecule has 0 amide bonds. The van der Waals surface area contributed by atoms with E-state index in [9.17, 15) is 5.26 Å². The van der Waals surface area contributed by atoms with E-state index in [0.29, 0.717) is 17.4 Å². The van der Waals surface area contributed by atoms with Gasteiger partial charge in [-0.2, -0.15) is 10.5 Å². The van der Waals surface area contributed by atoms with Gasteiger partial charge in [-0.25, -0.2) is 4.99 Å². The summed E-state index contributed by atoms with van der Waals surface area (Å²) < 4.78 is 10.7. The fourth-order valence-corrected chi connectivity index (χ4v) is 4.87. The third kappa shape index (κ3) is 4.60. The zero-order valence-corrected chi connectivity index (χ0v) is 18.1. The van der Waals surface area contributed by atoms with E-state index in [4.69, 9.17) is 14.7 Å². The molecule has 1 aromatic heterocycles. The number of nitrogens with zero attached hydrogens (tertiary/aromatic N) is 3. The van der Waals surface area contributed by atoms with Crippen LogP contribution >= 0.6 is 11.3 Å². The Morgan fingerprint density at radius 2 is 2.07 bits per heavy atom. The van der Waals surface area contributed by atoms with Crippen molar-refractivity contribution in [1.29, 1.82) is 10.5 Å². The van der Waals surface area contributed by atoms with Crippen molar-refractivity contribution >= 4 is 22.6 Å². The van der Waals surface area contributed by atoms with Gasteiger partial charge >= 0.3 is 0 Å². The molecule has 0 aliphatic heterocycles. The second-order valence-electron chi connectivity index (χ2n) is 8.22. The number of nitriles is 2. The number of fused-ring (bicyclic) bond motifs is 1. The molecule has 0 unspecified atom stereocenters. The third-order valence-corrected chi connectivity index (χ3v) is 6.56. The zero-order chi connectivity index (χ0) is 21.0. The summed E-state index contributed by atoms with van der Waals surface area (Å²) in [7, 11) is 1.56. The van der Waals surface area contributed by atoms with Gasteiger partial charge in [0, 0.05) is 11.1 Å². The molecule has 0 radical (unpaired) electrons. The lowest BCUT2D eigenvalue weighted by atomic mass is 9.72. The number of hydrogen-bond donors (Lipinski definition) is 0. The Morgan fingerprint density at radius 1 is 1.28 bits per heavy atom. The first-order chi connectivity index (χ1) is 13.9. The van der Waals surface area contributed by atoms with Crippen molar-refractivity contribution in [2.45, 2.75) is 40.0 Å². The Morgan fingerprint density at radius 3 is 2.72 bits per heavy atom. The van der Waals surface area contributed by atoms with Crippen LogP contribution in [-0.4, -0.2) is 19.9 Å². The third-order valence-electron chi connectivity index (χ3n) is 5.39. The van der Waals surface area contributed by atoms with Crippen molar-refractivity contribution in [1.82, 2.24) is 0 Å². The maximum atomic E-state index is 9.71. The highest BCUT2D eigenvalue weighted by Gasteiger charge is 2.32. The fourth-order valence-electron chi connectivity index (χ4n) is 3.64. The van der Waals surface area contributed by atoms with Gasteiger partial charge in [0.15, 0.2) is 18.1 Å². The summed E-state index contributed by atoms with van der Waals surface area (Å²) >= 11 is 1.64. The summed E-state index contributed by atoms with van der Waals surface area (Å²) in [4.78, 5) is 5.93. The first-order valence-corrected chi connectivity index (χ1v) is 10.5. The van der Waals surface area contributed by atoms with Crippen LogP contribution in [0.2, 0.25) is 0 Å². The van der Waals surface area contributed by atoms with Gasteiger partial charge in [-0.1, -0.05) is 20.8 Å². The first-order valence-electron chi connectivity index (χ1n) is 9.63. The standard InChI is InChI=1S/C23H25N3O2S/c1-23(2,3)16-6-7-17-18(13-25)22(29-21(17)12-16)26-14-15-5-8-19(28-10-9-24)20(11-15)27-4/h5,8,11,14,16H,6-7,10,12H2,1-4H3/t16-/m1/s1. The Kier molecular flexibility index (Phi) is 6.25. The lowest BCUT2D eigenvalue weighted by Crippen LogP contribution is -2.26. The van der Waals surface area contributed by atoms with Crippen molar-refractivity contribution < 1.29 is 9.47 Å². The van der Waals surface area contributed by atoms with Crippen molar-refractivity contribution in [2.75, 3.05) is 13.7 Å². The predicted molar refractivity (Wildman–Crippen MR) is 115 cm³/mol. The highest BCUT2D eigenvalue weighted by molar-refractivity contribution is 7.16. The van der Waals surface area contributed by atoms with E-state index in [2.05, 4.69) is 31.8 Å². The van der Waals surface area contributed by atoms with Crippen molar-refractivity contribution in [3.8, 4) is 23.6 Å². The van der Waals surface area contributed by atoms with Gasteiger partial charge < -0.3 is 9.47 Å². The molecule has 0 bridgehead atoms. The Bertz CT molecular complexity index is 1000. The summed E-state index contributed by atoms with van der Waals surface area (Å²) in [6.07, 6.45) is 4.83. The molecular formula is C23H25N3O2S. The molecule has 6 heteroatoms. The van der Waals surface area contributed by atoms with Gasteiger partial charge in [-0.15, -0.1) is 11.3 Å². The highest BCUT2D eigenvalue weighted by Crippen LogP contribution is 2.44. The number of aliphatic imine (C=N–C) groups is 1. The van der Waals surface area contributed by atoms with Gasteiger partial charge in [0.05, 0.1) is 12.7 Å². The molecule has 1 aliphatic carbocycles. The molecule has 0 saturated carbocycles. The monoisotopic (exact) mass is 407 g/mol. The zero-order valence-electron chi connectivity index (χ0n) is 17.3. The molecule has 1 heterocycles. The van der Waals surface area contributed by atoms with Gasteiger partial charge in [-0.05, 0) is 59.9 Å². The topological polar surface area (TPSA) is 78.4 Å². The lowest BCUT2D eigenvalue weighted by molar-refractivity contribution is 0.218. The molecule has 0 spiro atoms. The maximum absolute atomic E-state index is 9.71. The molecule has 1 aliphatic rings. The van der Waals surface area contributed by atoms with E-state index >= 15 is 0 Å². The lowest BCUT2D eigenvalue weighted by Gasteiger charge is -2.33. The number of benzene rings is 1. The predicted octanol–water partition coefficient (Wildman–Crippen LogP) is 5.43. The SMILES string of the molecule is COc1cc(C=Nc2sc3c(c2C#N)CC[C@@H](C(C)(C)C)C3)ccc1OCC#N. The van der Waals surface area contributed by atoms with E-state index in [-0.39, 0.29) is 12.0 Å². The summed E-state index contributed by atoms with van der Waals surface area (Å²) in [5.41, 5.74) is 3.01. The van der Waals surface area contributed by atoms with Crippen molar-refractivity contribution in [2.24, 2.45) is 16.3 Å². The van der Waals surface area contributed by atoms with Crippen molar-refractivity contribution in [3.05, 3.63) is 39.8 Å². The number of rotatable bonds is 5.